The maximum atomic E-state index is 12.3. The number of sulfone groups is 1. The number of aliphatic carboxylic acids is 1. The fourth-order valence-electron chi connectivity index (χ4n) is 2.28. The summed E-state index contributed by atoms with van der Waals surface area (Å²) in [4.78, 5) is 24.0. The van der Waals surface area contributed by atoms with Crippen molar-refractivity contribution >= 4 is 66.9 Å². The molecule has 0 spiro atoms. The second-order valence-corrected chi connectivity index (χ2v) is 12.6. The number of carboxylic acids is 1. The summed E-state index contributed by atoms with van der Waals surface area (Å²) < 4.78 is 22.0. The molecule has 2 aliphatic rings. The Hall–Kier alpha value is 0.350. The van der Waals surface area contributed by atoms with Gasteiger partial charge in [0, 0.05) is 0 Å². The number of halogens is 2. The highest BCUT2D eigenvalue weighted by Crippen LogP contribution is 2.57. The third kappa shape index (κ3) is 1.38. The van der Waals surface area contributed by atoms with Gasteiger partial charge in [0.2, 0.25) is 0 Å². The van der Waals surface area contributed by atoms with Crippen LogP contribution in [0.2, 0.25) is 0 Å². The van der Waals surface area contributed by atoms with Crippen LogP contribution in [0.25, 0.3) is 0 Å². The summed E-state index contributed by atoms with van der Waals surface area (Å²) in [5.41, 5.74) is 0. The number of alkyl halides is 2. The van der Waals surface area contributed by atoms with Crippen LogP contribution in [0.15, 0.2) is 0 Å². The van der Waals surface area contributed by atoms with Gasteiger partial charge < -0.3 is 10.0 Å². The number of rotatable bonds is 1. The van der Waals surface area contributed by atoms with E-state index >= 15 is 0 Å². The average Bonchev–Trinajstić information content (AvgIpc) is 2.29. The van der Waals surface area contributed by atoms with Gasteiger partial charge in [0.05, 0.1) is 0 Å². The first kappa shape index (κ1) is 13.8. The molecule has 2 fully saturated rings. The fourth-order valence-corrected chi connectivity index (χ4v) is 7.56. The van der Waals surface area contributed by atoms with Gasteiger partial charge in [0.1, 0.15) is 10.8 Å². The molecule has 0 aliphatic carbocycles. The molecule has 1 N–H and O–H groups in total. The van der Waals surface area contributed by atoms with Crippen molar-refractivity contribution in [1.82, 2.24) is 4.90 Å². The molecule has 0 radical (unpaired) electrons. The van der Waals surface area contributed by atoms with Gasteiger partial charge in [-0.1, -0.05) is 45.2 Å². The molecule has 2 atom stereocenters. The van der Waals surface area contributed by atoms with Crippen LogP contribution in [-0.4, -0.2) is 47.9 Å². The minimum Gasteiger partial charge on any atom is -0.480 e. The van der Waals surface area contributed by atoms with Crippen molar-refractivity contribution in [2.75, 3.05) is 0 Å². The Morgan fingerprint density at radius 2 is 1.88 bits per heavy atom. The fraction of sp³-hybridized carbons (Fsp3) is 0.750. The number of hydrogen-bond donors (Lipinski definition) is 1. The van der Waals surface area contributed by atoms with Crippen molar-refractivity contribution in [2.45, 2.75) is 31.4 Å². The number of carbonyl (C=O) groups excluding carboxylic acids is 1. The van der Waals surface area contributed by atoms with Gasteiger partial charge in [-0.3, -0.25) is 4.79 Å². The molecule has 0 bridgehead atoms. The minimum atomic E-state index is -3.69. The van der Waals surface area contributed by atoms with E-state index in [9.17, 15) is 18.0 Å². The molecule has 0 aromatic heterocycles. The lowest BCUT2D eigenvalue weighted by atomic mass is 9.98. The number of amides is 1. The molecule has 0 saturated carbocycles. The number of β-lactam (4-membered cyclic amide) rings is 1. The highest BCUT2D eigenvalue weighted by atomic mass is 127. The molecule has 2 heterocycles. The maximum absolute atomic E-state index is 12.3. The van der Waals surface area contributed by atoms with E-state index in [1.165, 1.54) is 13.8 Å². The summed E-state index contributed by atoms with van der Waals surface area (Å²) in [6, 6.07) is -1.30. The quantitative estimate of drug-likeness (QED) is 0.330. The standard InChI is InChI=1S/C8H9I2NO5S/c1-7(2)3(4(12)13)11-5(14)8(9,10)6(11)17(7,15)16/h3,6H,1-2H3,(H,12,13)/t3-,6+/m0/s1. The van der Waals surface area contributed by atoms with Crippen LogP contribution in [0, 0.1) is 0 Å². The Morgan fingerprint density at radius 1 is 1.41 bits per heavy atom. The summed E-state index contributed by atoms with van der Waals surface area (Å²) in [5.74, 6) is -1.72. The van der Waals surface area contributed by atoms with Crippen molar-refractivity contribution in [2.24, 2.45) is 0 Å². The van der Waals surface area contributed by atoms with E-state index in [0.29, 0.717) is 0 Å². The number of nitrogens with zero attached hydrogens (tertiary/aromatic N) is 1. The predicted octanol–water partition coefficient (Wildman–Crippen LogP) is 0.381. The summed E-state index contributed by atoms with van der Waals surface area (Å²) in [5, 5.41) is 8.09. The smallest absolute Gasteiger partial charge is 0.328 e. The molecule has 9 heteroatoms. The lowest BCUT2D eigenvalue weighted by Crippen LogP contribution is -2.69. The van der Waals surface area contributed by atoms with Gasteiger partial charge in [-0.15, -0.1) is 0 Å². The second kappa shape index (κ2) is 3.46. The topological polar surface area (TPSA) is 91.8 Å². The van der Waals surface area contributed by atoms with Crippen molar-refractivity contribution in [1.29, 1.82) is 0 Å². The van der Waals surface area contributed by atoms with E-state index < -0.39 is 39.3 Å². The molecule has 0 unspecified atom stereocenters. The van der Waals surface area contributed by atoms with Crippen LogP contribution in [0.3, 0.4) is 0 Å². The lowest BCUT2D eigenvalue weighted by Gasteiger charge is -2.45. The molecule has 96 valence electrons. The molecule has 0 aromatic rings. The monoisotopic (exact) mass is 485 g/mol. The second-order valence-electron chi connectivity index (χ2n) is 4.58. The normalized spacial score (nSPS) is 36.2. The first-order chi connectivity index (χ1) is 7.47. The SMILES string of the molecule is CC1(C)[C@H](C(=O)O)N2C(=O)C(I)(I)[C@H]2S1(=O)=O. The lowest BCUT2D eigenvalue weighted by molar-refractivity contribution is -0.156. The van der Waals surface area contributed by atoms with E-state index in [2.05, 4.69) is 0 Å². The number of carbonyl (C=O) groups is 2. The Balaban J connectivity index is 2.65. The largest absolute Gasteiger partial charge is 0.480 e. The predicted molar refractivity (Wildman–Crippen MR) is 75.8 cm³/mol. The van der Waals surface area contributed by atoms with Gasteiger partial charge in [-0.2, -0.15) is 0 Å². The molecule has 2 saturated heterocycles. The highest BCUT2D eigenvalue weighted by molar-refractivity contribution is 14.2. The number of carboxylic acid groups (broad SMARTS) is 1. The number of hydrogen-bond acceptors (Lipinski definition) is 4. The number of fused-ring (bicyclic) bond motifs is 1. The van der Waals surface area contributed by atoms with E-state index in [-0.39, 0.29) is 0 Å². The van der Waals surface area contributed by atoms with E-state index in [1.54, 1.807) is 45.2 Å². The Bertz CT molecular complexity index is 526. The summed E-state index contributed by atoms with van der Waals surface area (Å²) in [6.45, 7) is 2.71. The Labute approximate surface area is 125 Å². The Kier molecular flexibility index (Phi) is 2.81. The molecular formula is C8H9I2NO5S. The van der Waals surface area contributed by atoms with Gasteiger partial charge in [-0.05, 0) is 13.8 Å². The van der Waals surface area contributed by atoms with Crippen LogP contribution in [0.1, 0.15) is 13.8 Å². The van der Waals surface area contributed by atoms with E-state index in [4.69, 9.17) is 5.11 Å². The van der Waals surface area contributed by atoms with Crippen LogP contribution in [0.5, 0.6) is 0 Å². The van der Waals surface area contributed by atoms with E-state index in [1.807, 2.05) is 0 Å². The van der Waals surface area contributed by atoms with E-state index in [0.717, 1.165) is 4.90 Å². The van der Waals surface area contributed by atoms with Gasteiger partial charge >= 0.3 is 5.97 Å². The van der Waals surface area contributed by atoms with Crippen LogP contribution < -0.4 is 0 Å². The molecule has 6 nitrogen and oxygen atoms in total. The summed E-state index contributed by atoms with van der Waals surface area (Å²) in [6.07, 6.45) is 0. The zero-order valence-electron chi connectivity index (χ0n) is 8.85. The van der Waals surface area contributed by atoms with Crippen molar-refractivity contribution in [3.63, 3.8) is 0 Å². The van der Waals surface area contributed by atoms with Crippen LogP contribution >= 0.6 is 45.2 Å². The highest BCUT2D eigenvalue weighted by Gasteiger charge is 2.77. The minimum absolute atomic E-state index is 0.440. The molecular weight excluding hydrogens is 476 g/mol. The van der Waals surface area contributed by atoms with Crippen LogP contribution in [-0.2, 0) is 19.4 Å². The third-order valence-corrected chi connectivity index (χ3v) is 9.09. The summed E-state index contributed by atoms with van der Waals surface area (Å²) in [7, 11) is -3.69. The van der Waals surface area contributed by atoms with Crippen molar-refractivity contribution in [3.8, 4) is 0 Å². The first-order valence-electron chi connectivity index (χ1n) is 4.64. The zero-order chi connectivity index (χ0) is 13.4. The molecule has 0 aromatic carbocycles. The van der Waals surface area contributed by atoms with Gasteiger partial charge in [-0.25, -0.2) is 13.2 Å². The zero-order valence-corrected chi connectivity index (χ0v) is 14.0. The summed E-state index contributed by atoms with van der Waals surface area (Å²) >= 11 is 3.54. The Morgan fingerprint density at radius 3 is 2.29 bits per heavy atom. The molecule has 2 aliphatic heterocycles. The molecule has 1 amide bonds. The molecule has 2 rings (SSSR count). The van der Waals surface area contributed by atoms with Crippen LogP contribution in [0.4, 0.5) is 0 Å². The first-order valence-corrected chi connectivity index (χ1v) is 8.34. The third-order valence-electron chi connectivity index (χ3n) is 3.28. The average molecular weight is 485 g/mol. The molecule has 17 heavy (non-hydrogen) atoms. The van der Waals surface area contributed by atoms with Crippen molar-refractivity contribution in [3.05, 3.63) is 0 Å². The van der Waals surface area contributed by atoms with Gasteiger partial charge in [0.15, 0.2) is 16.6 Å². The van der Waals surface area contributed by atoms with Gasteiger partial charge in [0.25, 0.3) is 5.91 Å². The van der Waals surface area contributed by atoms with Crippen molar-refractivity contribution < 1.29 is 23.1 Å². The maximum Gasteiger partial charge on any atom is 0.328 e.